The molecule has 1 aliphatic heterocycles. The average molecular weight is 528 g/mol. The number of piperazine rings is 1. The van der Waals surface area contributed by atoms with Crippen molar-refractivity contribution in [2.24, 2.45) is 0 Å². The number of pyridine rings is 1. The van der Waals surface area contributed by atoms with Crippen LogP contribution < -0.4 is 15.2 Å². The van der Waals surface area contributed by atoms with Gasteiger partial charge in [-0.25, -0.2) is 4.68 Å². The van der Waals surface area contributed by atoms with E-state index in [-0.39, 0.29) is 17.6 Å². The molecule has 0 spiro atoms. The zero-order chi connectivity index (χ0) is 26.9. The van der Waals surface area contributed by atoms with Crippen molar-refractivity contribution in [1.29, 1.82) is 0 Å². The molecule has 9 nitrogen and oxygen atoms in total. The SMILES string of the molecule is COc1ccc(N2CCN([C@H](c3cc4cc(C)c(C)cc4[nH]c3=O)c3nnnn3C3CCCCC3)CC2)cc1. The highest BCUT2D eigenvalue weighted by Gasteiger charge is 2.34. The standard InChI is InChI=1S/C30H37N7O2/c1-20-17-22-19-26(30(38)31-27(22)18-21(20)2)28(29-32-33-34-37(29)24-7-5-4-6-8-24)36-15-13-35(14-16-36)23-9-11-25(39-3)12-10-23/h9-12,17-19,24,28H,4-8,13-16H2,1-3H3,(H,31,38)/t28-/m1/s1. The lowest BCUT2D eigenvalue weighted by atomic mass is 9.95. The summed E-state index contributed by atoms with van der Waals surface area (Å²) in [6, 6.07) is 14.4. The smallest absolute Gasteiger partial charge is 0.253 e. The summed E-state index contributed by atoms with van der Waals surface area (Å²) in [5, 5.41) is 14.2. The number of methoxy groups -OCH3 is 1. The number of anilines is 1. The Labute approximate surface area is 228 Å². The van der Waals surface area contributed by atoms with Crippen molar-refractivity contribution in [1.82, 2.24) is 30.1 Å². The second kappa shape index (κ2) is 10.8. The molecular formula is C30H37N7O2. The van der Waals surface area contributed by atoms with E-state index in [2.05, 4.69) is 74.5 Å². The maximum absolute atomic E-state index is 13.7. The van der Waals surface area contributed by atoms with Crippen LogP contribution >= 0.6 is 0 Å². The summed E-state index contributed by atoms with van der Waals surface area (Å²) in [6.45, 7) is 7.45. The maximum atomic E-state index is 13.7. The first-order valence-corrected chi connectivity index (χ1v) is 14.1. The highest BCUT2D eigenvalue weighted by atomic mass is 16.5. The molecule has 39 heavy (non-hydrogen) atoms. The van der Waals surface area contributed by atoms with E-state index in [9.17, 15) is 4.79 Å². The molecule has 3 heterocycles. The molecule has 1 atom stereocenters. The highest BCUT2D eigenvalue weighted by Crippen LogP contribution is 2.34. The van der Waals surface area contributed by atoms with Crippen LogP contribution in [0.15, 0.2) is 47.3 Å². The van der Waals surface area contributed by atoms with Crippen molar-refractivity contribution in [2.45, 2.75) is 58.0 Å². The van der Waals surface area contributed by atoms with Gasteiger partial charge in [0.05, 0.1) is 13.2 Å². The molecule has 1 saturated carbocycles. The molecule has 0 bridgehead atoms. The number of aromatic amines is 1. The molecule has 1 aliphatic carbocycles. The van der Waals surface area contributed by atoms with Gasteiger partial charge in [-0.15, -0.1) is 5.10 Å². The summed E-state index contributed by atoms with van der Waals surface area (Å²) in [7, 11) is 1.69. The number of aryl methyl sites for hydroxylation is 2. The summed E-state index contributed by atoms with van der Waals surface area (Å²) in [5.74, 6) is 1.63. The van der Waals surface area contributed by atoms with Gasteiger partial charge in [-0.05, 0) is 96.1 Å². The van der Waals surface area contributed by atoms with Gasteiger partial charge in [-0.2, -0.15) is 0 Å². The molecular weight excluding hydrogens is 490 g/mol. The van der Waals surface area contributed by atoms with Crippen molar-refractivity contribution < 1.29 is 4.74 Å². The maximum Gasteiger partial charge on any atom is 0.253 e. The van der Waals surface area contributed by atoms with E-state index in [1.165, 1.54) is 36.1 Å². The summed E-state index contributed by atoms with van der Waals surface area (Å²) in [5.41, 5.74) is 5.04. The Hall–Kier alpha value is -3.72. The van der Waals surface area contributed by atoms with Crippen LogP contribution in [0.3, 0.4) is 0 Å². The topological polar surface area (TPSA) is 92.2 Å². The van der Waals surface area contributed by atoms with Crippen molar-refractivity contribution in [2.75, 3.05) is 38.2 Å². The van der Waals surface area contributed by atoms with E-state index in [1.54, 1.807) is 7.11 Å². The number of nitrogens with one attached hydrogen (secondary N) is 1. The fourth-order valence-electron chi connectivity index (χ4n) is 6.19. The van der Waals surface area contributed by atoms with Gasteiger partial charge >= 0.3 is 0 Å². The summed E-state index contributed by atoms with van der Waals surface area (Å²) in [6.07, 6.45) is 5.77. The molecule has 4 aromatic rings. The molecule has 2 aromatic heterocycles. The Morgan fingerprint density at radius 3 is 2.38 bits per heavy atom. The van der Waals surface area contributed by atoms with Crippen LogP contribution in [0.25, 0.3) is 10.9 Å². The predicted octanol–water partition coefficient (Wildman–Crippen LogP) is 4.56. The van der Waals surface area contributed by atoms with Crippen LogP contribution in [0.1, 0.15) is 66.7 Å². The molecule has 1 N–H and O–H groups in total. The minimum absolute atomic E-state index is 0.0773. The van der Waals surface area contributed by atoms with E-state index >= 15 is 0 Å². The van der Waals surface area contributed by atoms with Crippen LogP contribution in [-0.4, -0.2) is 63.4 Å². The van der Waals surface area contributed by atoms with Gasteiger partial charge in [-0.1, -0.05) is 19.3 Å². The summed E-state index contributed by atoms with van der Waals surface area (Å²) < 4.78 is 7.35. The summed E-state index contributed by atoms with van der Waals surface area (Å²) >= 11 is 0. The Morgan fingerprint density at radius 2 is 1.67 bits per heavy atom. The largest absolute Gasteiger partial charge is 0.497 e. The van der Waals surface area contributed by atoms with Crippen LogP contribution in [0, 0.1) is 13.8 Å². The number of hydrogen-bond acceptors (Lipinski definition) is 7. The van der Waals surface area contributed by atoms with Crippen molar-refractivity contribution in [3.05, 3.63) is 75.3 Å². The van der Waals surface area contributed by atoms with E-state index in [0.29, 0.717) is 5.56 Å². The van der Waals surface area contributed by atoms with Gasteiger partial charge in [0.25, 0.3) is 5.56 Å². The molecule has 2 fully saturated rings. The number of benzene rings is 2. The van der Waals surface area contributed by atoms with E-state index in [1.807, 2.05) is 16.8 Å². The quantitative estimate of drug-likeness (QED) is 0.393. The first-order valence-electron chi connectivity index (χ1n) is 14.1. The Bertz CT molecular complexity index is 1500. The van der Waals surface area contributed by atoms with Crippen LogP contribution in [0.5, 0.6) is 5.75 Å². The van der Waals surface area contributed by atoms with Gasteiger partial charge in [0.15, 0.2) is 5.82 Å². The Balaban J connectivity index is 1.37. The molecule has 0 unspecified atom stereocenters. The third-order valence-corrected chi connectivity index (χ3v) is 8.58. The first-order chi connectivity index (χ1) is 19.0. The van der Waals surface area contributed by atoms with Crippen molar-refractivity contribution >= 4 is 16.6 Å². The lowest BCUT2D eigenvalue weighted by Gasteiger charge is -2.40. The monoisotopic (exact) mass is 527 g/mol. The van der Waals surface area contributed by atoms with Gasteiger partial charge in [0.2, 0.25) is 0 Å². The molecule has 1 saturated heterocycles. The summed E-state index contributed by atoms with van der Waals surface area (Å²) in [4.78, 5) is 21.6. The lowest BCUT2D eigenvalue weighted by molar-refractivity contribution is 0.192. The van der Waals surface area contributed by atoms with Gasteiger partial charge < -0.3 is 14.6 Å². The molecule has 9 heteroatoms. The molecule has 2 aromatic carbocycles. The second-order valence-corrected chi connectivity index (χ2v) is 11.0. The molecule has 0 amide bonds. The number of nitrogens with zero attached hydrogens (tertiary/aromatic N) is 6. The zero-order valence-electron chi connectivity index (χ0n) is 23.1. The second-order valence-electron chi connectivity index (χ2n) is 11.0. The third-order valence-electron chi connectivity index (χ3n) is 8.58. The zero-order valence-corrected chi connectivity index (χ0v) is 23.1. The Kier molecular flexibility index (Phi) is 7.08. The van der Waals surface area contributed by atoms with Gasteiger partial charge in [0.1, 0.15) is 11.8 Å². The van der Waals surface area contributed by atoms with Gasteiger partial charge in [0, 0.05) is 42.9 Å². The number of aromatic nitrogens is 5. The Morgan fingerprint density at radius 1 is 0.949 bits per heavy atom. The van der Waals surface area contributed by atoms with Crippen LogP contribution in [-0.2, 0) is 0 Å². The van der Waals surface area contributed by atoms with E-state index in [4.69, 9.17) is 4.74 Å². The van der Waals surface area contributed by atoms with E-state index < -0.39 is 0 Å². The number of rotatable bonds is 6. The number of tetrazole rings is 1. The average Bonchev–Trinajstić information content (AvgIpc) is 3.45. The minimum Gasteiger partial charge on any atom is -0.497 e. The number of fused-ring (bicyclic) bond motifs is 1. The van der Waals surface area contributed by atoms with Crippen LogP contribution in [0.4, 0.5) is 5.69 Å². The van der Waals surface area contributed by atoms with Gasteiger partial charge in [-0.3, -0.25) is 9.69 Å². The number of ether oxygens (including phenoxy) is 1. The fraction of sp³-hybridized carbons (Fsp3) is 0.467. The van der Waals surface area contributed by atoms with E-state index in [0.717, 1.165) is 61.5 Å². The number of hydrogen-bond donors (Lipinski definition) is 1. The molecule has 6 rings (SSSR count). The number of H-pyrrole nitrogens is 1. The predicted molar refractivity (Wildman–Crippen MR) is 153 cm³/mol. The van der Waals surface area contributed by atoms with Crippen LogP contribution in [0.2, 0.25) is 0 Å². The van der Waals surface area contributed by atoms with Crippen molar-refractivity contribution in [3.8, 4) is 5.75 Å². The minimum atomic E-state index is -0.324. The lowest BCUT2D eigenvalue weighted by Crippen LogP contribution is -2.49. The fourth-order valence-corrected chi connectivity index (χ4v) is 6.19. The third kappa shape index (κ3) is 5.03. The van der Waals surface area contributed by atoms with Crippen molar-refractivity contribution in [3.63, 3.8) is 0 Å². The highest BCUT2D eigenvalue weighted by molar-refractivity contribution is 5.81. The molecule has 0 radical (unpaired) electrons. The molecule has 204 valence electrons. The molecule has 2 aliphatic rings. The first kappa shape index (κ1) is 25.6. The normalized spacial score (nSPS) is 18.0.